The van der Waals surface area contributed by atoms with Gasteiger partial charge in [0.15, 0.2) is 6.23 Å². The third-order valence-electron chi connectivity index (χ3n) is 16.4. The van der Waals surface area contributed by atoms with E-state index in [9.17, 15) is 74.4 Å². The van der Waals surface area contributed by atoms with Crippen LogP contribution in [-0.2, 0) is 38.2 Å². The third-order valence-corrected chi connectivity index (χ3v) is 16.4. The number of quaternary nitrogens is 1. The summed E-state index contributed by atoms with van der Waals surface area (Å²) in [5, 5.41) is 103. The van der Waals surface area contributed by atoms with Crippen molar-refractivity contribution in [1.82, 2.24) is 36.4 Å². The van der Waals surface area contributed by atoms with Crippen molar-refractivity contribution < 1.29 is 93.1 Å². The van der Waals surface area contributed by atoms with Crippen LogP contribution in [0, 0.1) is 5.92 Å². The second-order valence-corrected chi connectivity index (χ2v) is 24.8. The van der Waals surface area contributed by atoms with Crippen molar-refractivity contribution in [2.24, 2.45) is 5.92 Å². The van der Waals surface area contributed by atoms with Gasteiger partial charge in [-0.3, -0.25) is 33.6 Å². The first-order valence-electron chi connectivity index (χ1n) is 30.8. The Morgan fingerprint density at radius 3 is 1.76 bits per heavy atom. The second-order valence-electron chi connectivity index (χ2n) is 24.8. The first kappa shape index (κ1) is 70.8. The minimum Gasteiger partial charge on any atom is -0.508 e. The zero-order valence-corrected chi connectivity index (χ0v) is 52.4. The van der Waals surface area contributed by atoms with E-state index in [1.165, 1.54) is 43.3 Å². The predicted octanol–water partition coefficient (Wildman–Crippen LogP) is -0.180. The molecule has 6 unspecified atom stereocenters. The van der Waals surface area contributed by atoms with Crippen LogP contribution in [0.1, 0.15) is 81.8 Å². The minimum atomic E-state index is -2.29. The van der Waals surface area contributed by atoms with E-state index in [1.54, 1.807) is 12.1 Å². The fourth-order valence-electron chi connectivity index (χ4n) is 11.0. The van der Waals surface area contributed by atoms with E-state index in [0.717, 1.165) is 70.9 Å². The van der Waals surface area contributed by atoms with Crippen molar-refractivity contribution in [2.45, 2.75) is 145 Å². The van der Waals surface area contributed by atoms with Crippen LogP contribution in [0.4, 0.5) is 0 Å². The number of fused-ring (bicyclic) bond motifs is 2. The lowest BCUT2D eigenvalue weighted by atomic mass is 9.96. The first-order chi connectivity index (χ1) is 43.1. The molecule has 0 radical (unpaired) electrons. The molecule has 0 aliphatic carbocycles. The summed E-state index contributed by atoms with van der Waals surface area (Å²) in [7, 11) is 5.86. The van der Waals surface area contributed by atoms with E-state index >= 15 is 0 Å². The fraction of sp³-hybridized carbons (Fsp3) is 0.523. The van der Waals surface area contributed by atoms with E-state index < -0.39 is 152 Å². The van der Waals surface area contributed by atoms with Crippen molar-refractivity contribution in [1.29, 1.82) is 0 Å². The van der Waals surface area contributed by atoms with Gasteiger partial charge in [0.25, 0.3) is 5.91 Å². The second kappa shape index (κ2) is 32.1. The smallest absolute Gasteiger partial charge is 0.251 e. The van der Waals surface area contributed by atoms with Crippen LogP contribution in [0.3, 0.4) is 0 Å². The average Bonchev–Trinajstić information content (AvgIpc) is 1.94. The van der Waals surface area contributed by atoms with Crippen LogP contribution in [0.15, 0.2) is 97.1 Å². The number of hydrogen-bond acceptors (Lipinski definition) is 18. The SMILES string of the molecule is CCCCCOc1ccc(-c2ccc(-c3ccc(C(=O)N[C@@H]4C[C@@H](O)C(OCCOCC[N+](C)(C)C)NC(=O)C5[C@@H](O)[C@@H](C)CN5C(=O)C([C@@H](C)O)NC(=O)C([C@H](O)[C@@H](O)c5ccc(O)cc5)NC(=O)C5C[C@@H](O)CN5C(=O)C([C@@H](C)O)NC4=O)cc3)cc2)cc1. The zero-order chi connectivity index (χ0) is 66.4. The Labute approximate surface area is 529 Å². The maximum absolute atomic E-state index is 14.9. The van der Waals surface area contributed by atoms with Gasteiger partial charge in [-0.25, -0.2) is 0 Å². The van der Waals surface area contributed by atoms with Crippen LogP contribution in [0.2, 0.25) is 0 Å². The number of rotatable bonds is 21. The quantitative estimate of drug-likeness (QED) is 0.0380. The highest BCUT2D eigenvalue weighted by Crippen LogP contribution is 2.30. The molecule has 3 aliphatic heterocycles. The summed E-state index contributed by atoms with van der Waals surface area (Å²) < 4.78 is 18.3. The fourth-order valence-corrected chi connectivity index (χ4v) is 11.0. The summed E-state index contributed by atoms with van der Waals surface area (Å²) in [6.45, 7) is 6.08. The standard InChI is InChI=1S/C65H88N8O18/c1-8-9-10-28-90-47-25-21-42(22-26-47)40-13-11-39(12-14-40)41-15-17-44(18-16-41)58(82)66-48-33-50(78)63(91-31-30-89-29-27-73(5,6)7)70-62(86)54-55(79)36(2)34-72(54)65(88)52(38(4)75)68-61(85)53(57(81)56(80)43-19-23-45(76)24-20-43)69-60(84)49-32-46(77)35-71(49)64(87)51(37(3)74)67-59(48)83/h11-26,36-38,46,48-57,63,74-75,77-81H,8-10,27-35H2,1-7H3,(H5-,66,67,68,69,70,76,82,83,84,85,86)/p+1/t36-,37+,38+,46+,48+,49?,50+,51?,52?,53?,54?,55-,56-,57-,63?/m0/s1. The van der Waals surface area contributed by atoms with Gasteiger partial charge >= 0.3 is 0 Å². The molecule has 0 spiro atoms. The number of ether oxygens (including phenoxy) is 3. The lowest BCUT2D eigenvalue weighted by molar-refractivity contribution is -0.870. The number of phenolic OH excluding ortho intramolecular Hbond substituents is 1. The van der Waals surface area contributed by atoms with Crippen molar-refractivity contribution >= 4 is 41.4 Å². The molecule has 3 saturated heterocycles. The zero-order valence-electron chi connectivity index (χ0n) is 52.4. The highest BCUT2D eigenvalue weighted by atomic mass is 16.5. The van der Waals surface area contributed by atoms with E-state index in [0.29, 0.717) is 17.6 Å². The number of benzene rings is 4. The maximum atomic E-state index is 14.9. The number of carbonyl (C=O) groups is 7. The summed E-state index contributed by atoms with van der Waals surface area (Å²) in [5.74, 6) is -8.36. The number of hydrogen-bond donors (Lipinski definition) is 13. The van der Waals surface area contributed by atoms with Gasteiger partial charge in [-0.2, -0.15) is 0 Å². The summed E-state index contributed by atoms with van der Waals surface area (Å²) in [5.41, 5.74) is 3.44. The van der Waals surface area contributed by atoms with E-state index in [1.807, 2.05) is 69.7 Å². The van der Waals surface area contributed by atoms with Crippen molar-refractivity contribution in [2.75, 3.05) is 67.2 Å². The molecule has 3 heterocycles. The first-order valence-corrected chi connectivity index (χ1v) is 30.8. The van der Waals surface area contributed by atoms with Gasteiger partial charge in [0.2, 0.25) is 35.4 Å². The Morgan fingerprint density at radius 1 is 0.637 bits per heavy atom. The molecule has 4 aromatic carbocycles. The molecule has 0 saturated carbocycles. The topological polar surface area (TPSA) is 376 Å². The molecule has 3 fully saturated rings. The molecule has 3 aliphatic rings. The number of amides is 7. The summed E-state index contributed by atoms with van der Waals surface area (Å²) in [4.78, 5) is 104. The van der Waals surface area contributed by atoms with Crippen LogP contribution >= 0.6 is 0 Å². The molecule has 4 aromatic rings. The summed E-state index contributed by atoms with van der Waals surface area (Å²) >= 11 is 0. The molecule has 0 aromatic heterocycles. The van der Waals surface area contributed by atoms with Gasteiger partial charge in [0, 0.05) is 37.4 Å². The Bertz CT molecular complexity index is 3090. The normalized spacial score (nSPS) is 26.2. The number of aliphatic hydroxyl groups excluding tert-OH is 7. The Morgan fingerprint density at radius 2 is 1.19 bits per heavy atom. The van der Waals surface area contributed by atoms with Gasteiger partial charge in [0.1, 0.15) is 72.6 Å². The molecule has 26 nitrogen and oxygen atoms in total. The molecule has 91 heavy (non-hydrogen) atoms. The lowest BCUT2D eigenvalue weighted by Crippen LogP contribution is -2.64. The molecule has 0 bridgehead atoms. The van der Waals surface area contributed by atoms with Crippen LogP contribution in [0.25, 0.3) is 22.3 Å². The number of phenols is 1. The van der Waals surface area contributed by atoms with Crippen LogP contribution < -0.4 is 31.3 Å². The average molecular weight is 1270 g/mol. The van der Waals surface area contributed by atoms with Gasteiger partial charge in [-0.05, 0) is 84.5 Å². The van der Waals surface area contributed by atoms with E-state index in [4.69, 9.17) is 14.2 Å². The number of aliphatic hydroxyl groups is 7. The molecule has 7 rings (SSSR count). The number of nitrogens with one attached hydrogen (secondary N) is 5. The van der Waals surface area contributed by atoms with Gasteiger partial charge in [-0.1, -0.05) is 87.4 Å². The van der Waals surface area contributed by atoms with E-state index in [2.05, 4.69) is 33.5 Å². The van der Waals surface area contributed by atoms with Crippen LogP contribution in [-0.4, -0.2) is 243 Å². The molecule has 13 N–H and O–H groups in total. The number of likely N-dealkylation sites (N-methyl/N-ethyl adjacent to an activating group) is 1. The summed E-state index contributed by atoms with van der Waals surface area (Å²) in [6.07, 6.45) is -12.8. The summed E-state index contributed by atoms with van der Waals surface area (Å²) in [6, 6.07) is 15.1. The third kappa shape index (κ3) is 18.8. The predicted molar refractivity (Wildman–Crippen MR) is 331 cm³/mol. The molecule has 7 amide bonds. The lowest BCUT2D eigenvalue weighted by Gasteiger charge is -2.34. The molecule has 496 valence electrons. The monoisotopic (exact) mass is 1270 g/mol. The Hall–Kier alpha value is -7.63. The highest BCUT2D eigenvalue weighted by molar-refractivity contribution is 6.00. The van der Waals surface area contributed by atoms with Crippen molar-refractivity contribution in [3.8, 4) is 33.8 Å². The van der Waals surface area contributed by atoms with Crippen molar-refractivity contribution in [3.63, 3.8) is 0 Å². The molecule has 26 heteroatoms. The highest BCUT2D eigenvalue weighted by Gasteiger charge is 2.50. The number of aromatic hydroxyl groups is 1. The van der Waals surface area contributed by atoms with Gasteiger partial charge in [0.05, 0.1) is 72.0 Å². The number of carbonyl (C=O) groups excluding carboxylic acids is 7. The van der Waals surface area contributed by atoms with Crippen molar-refractivity contribution in [3.05, 3.63) is 108 Å². The molecule has 15 atom stereocenters. The molecular formula is C65H89N8O18+. The maximum Gasteiger partial charge on any atom is 0.251 e. The molecular weight excluding hydrogens is 1180 g/mol. The number of unbranched alkanes of at least 4 members (excludes halogenated alkanes) is 2. The minimum absolute atomic E-state index is 0.0359. The Kier molecular flexibility index (Phi) is 25.0. The van der Waals surface area contributed by atoms with Gasteiger partial charge in [-0.15, -0.1) is 0 Å². The largest absolute Gasteiger partial charge is 0.508 e. The van der Waals surface area contributed by atoms with Crippen LogP contribution in [0.5, 0.6) is 11.5 Å². The van der Waals surface area contributed by atoms with E-state index in [-0.39, 0.29) is 43.2 Å². The number of nitrogens with zero attached hydrogens (tertiary/aromatic N) is 3. The Balaban J connectivity index is 1.23. The van der Waals surface area contributed by atoms with Gasteiger partial charge < -0.3 is 95.9 Å².